The summed E-state index contributed by atoms with van der Waals surface area (Å²) in [5, 5.41) is 0. The molecule has 15 heavy (non-hydrogen) atoms. The molecule has 0 atom stereocenters. The molecule has 0 aromatic heterocycles. The molecule has 0 aliphatic heterocycles. The quantitative estimate of drug-likeness (QED) is 0.546. The zero-order valence-corrected chi connectivity index (χ0v) is 8.96. The fourth-order valence-electron chi connectivity index (χ4n) is 1.70. The van der Waals surface area contributed by atoms with Gasteiger partial charge in [0.05, 0.1) is 5.69 Å². The first-order valence-electron chi connectivity index (χ1n) is 5.10. The van der Waals surface area contributed by atoms with Gasteiger partial charge < -0.3 is 0 Å². The Morgan fingerprint density at radius 1 is 1.40 bits per heavy atom. The summed E-state index contributed by atoms with van der Waals surface area (Å²) in [7, 11) is 0. The SMILES string of the molecule is CCC(CC)c1ccc(N=C=O)cc1F. The molecule has 0 radical (unpaired) electrons. The average Bonchev–Trinajstić information content (AvgIpc) is 2.23. The molecule has 0 N–H and O–H groups in total. The highest BCUT2D eigenvalue weighted by Crippen LogP contribution is 2.27. The normalized spacial score (nSPS) is 10.1. The molecule has 0 heterocycles. The highest BCUT2D eigenvalue weighted by Gasteiger charge is 2.12. The molecule has 0 unspecified atom stereocenters. The lowest BCUT2D eigenvalue weighted by atomic mass is 9.93. The van der Waals surface area contributed by atoms with E-state index in [-0.39, 0.29) is 11.7 Å². The van der Waals surface area contributed by atoms with Gasteiger partial charge in [-0.25, -0.2) is 9.18 Å². The maximum atomic E-state index is 13.6. The molecule has 0 spiro atoms. The molecule has 1 aromatic rings. The van der Waals surface area contributed by atoms with Crippen LogP contribution < -0.4 is 0 Å². The first-order valence-corrected chi connectivity index (χ1v) is 5.10. The molecule has 0 saturated heterocycles. The average molecular weight is 207 g/mol. The minimum Gasteiger partial charge on any atom is -0.211 e. The summed E-state index contributed by atoms with van der Waals surface area (Å²) in [5.41, 5.74) is 1.02. The van der Waals surface area contributed by atoms with Gasteiger partial charge in [0.15, 0.2) is 0 Å². The molecule has 0 fully saturated rings. The molecular formula is C12H14FNO. The van der Waals surface area contributed by atoms with Gasteiger partial charge in [-0.1, -0.05) is 19.9 Å². The second-order valence-corrected chi connectivity index (χ2v) is 3.42. The maximum absolute atomic E-state index is 13.6. The van der Waals surface area contributed by atoms with Gasteiger partial charge in [0.1, 0.15) is 5.82 Å². The summed E-state index contributed by atoms with van der Waals surface area (Å²) < 4.78 is 13.6. The van der Waals surface area contributed by atoms with Crippen molar-refractivity contribution < 1.29 is 9.18 Å². The van der Waals surface area contributed by atoms with Crippen LogP contribution in [0.4, 0.5) is 10.1 Å². The van der Waals surface area contributed by atoms with Crippen molar-refractivity contribution in [2.75, 3.05) is 0 Å². The van der Waals surface area contributed by atoms with E-state index in [1.165, 1.54) is 12.1 Å². The highest BCUT2D eigenvalue weighted by atomic mass is 19.1. The van der Waals surface area contributed by atoms with Crippen molar-refractivity contribution in [2.24, 2.45) is 4.99 Å². The van der Waals surface area contributed by atoms with E-state index >= 15 is 0 Å². The zero-order valence-electron chi connectivity index (χ0n) is 8.96. The fourth-order valence-corrected chi connectivity index (χ4v) is 1.70. The number of halogens is 1. The maximum Gasteiger partial charge on any atom is 0.240 e. The summed E-state index contributed by atoms with van der Waals surface area (Å²) in [6.45, 7) is 4.07. The number of benzene rings is 1. The van der Waals surface area contributed by atoms with Gasteiger partial charge in [0.25, 0.3) is 0 Å². The van der Waals surface area contributed by atoms with E-state index < -0.39 is 0 Å². The smallest absolute Gasteiger partial charge is 0.211 e. The molecule has 0 amide bonds. The van der Waals surface area contributed by atoms with E-state index in [0.29, 0.717) is 11.3 Å². The molecule has 1 aromatic carbocycles. The van der Waals surface area contributed by atoms with Gasteiger partial charge in [0, 0.05) is 6.07 Å². The summed E-state index contributed by atoms with van der Waals surface area (Å²) in [6, 6.07) is 4.61. The largest absolute Gasteiger partial charge is 0.240 e. The number of hydrogen-bond donors (Lipinski definition) is 0. The number of carbonyl (C=O) groups excluding carboxylic acids is 1. The molecule has 1 rings (SSSR count). The van der Waals surface area contributed by atoms with Crippen molar-refractivity contribution in [2.45, 2.75) is 32.6 Å². The van der Waals surface area contributed by atoms with Crippen molar-refractivity contribution in [1.82, 2.24) is 0 Å². The standard InChI is InChI=1S/C12H14FNO/c1-3-9(4-2)11-6-5-10(14-8-15)7-12(11)13/h5-7,9H,3-4H2,1-2H3. The van der Waals surface area contributed by atoms with E-state index in [0.717, 1.165) is 12.8 Å². The highest BCUT2D eigenvalue weighted by molar-refractivity contribution is 5.49. The summed E-state index contributed by atoms with van der Waals surface area (Å²) >= 11 is 0. The number of aliphatic imine (C=N–C) groups is 1. The summed E-state index contributed by atoms with van der Waals surface area (Å²) in [5.74, 6) is -0.0561. The minimum atomic E-state index is -0.291. The van der Waals surface area contributed by atoms with Crippen LogP contribution in [0.2, 0.25) is 0 Å². The Bertz CT molecular complexity index is 379. The van der Waals surface area contributed by atoms with E-state index in [4.69, 9.17) is 0 Å². The number of hydrogen-bond acceptors (Lipinski definition) is 2. The molecule has 0 bridgehead atoms. The van der Waals surface area contributed by atoms with Crippen LogP contribution in [-0.2, 0) is 4.79 Å². The van der Waals surface area contributed by atoms with Crippen LogP contribution >= 0.6 is 0 Å². The Morgan fingerprint density at radius 2 is 2.07 bits per heavy atom. The van der Waals surface area contributed by atoms with E-state index in [9.17, 15) is 9.18 Å². The molecule has 0 aliphatic carbocycles. The second kappa shape index (κ2) is 5.42. The molecule has 0 aliphatic rings. The van der Waals surface area contributed by atoms with Crippen molar-refractivity contribution in [3.05, 3.63) is 29.6 Å². The van der Waals surface area contributed by atoms with E-state index in [2.05, 4.69) is 4.99 Å². The molecular weight excluding hydrogens is 193 g/mol. The van der Waals surface area contributed by atoms with Crippen molar-refractivity contribution in [3.63, 3.8) is 0 Å². The van der Waals surface area contributed by atoms with Crippen LogP contribution in [0.3, 0.4) is 0 Å². The van der Waals surface area contributed by atoms with Gasteiger partial charge >= 0.3 is 0 Å². The Morgan fingerprint density at radius 3 is 2.53 bits per heavy atom. The third-order valence-electron chi connectivity index (χ3n) is 2.58. The van der Waals surface area contributed by atoms with Crippen LogP contribution in [0.25, 0.3) is 0 Å². The lowest BCUT2D eigenvalue weighted by Crippen LogP contribution is -1.98. The lowest BCUT2D eigenvalue weighted by molar-refractivity contribution is 0.558. The number of rotatable bonds is 4. The third kappa shape index (κ3) is 2.74. The molecule has 80 valence electrons. The second-order valence-electron chi connectivity index (χ2n) is 3.42. The van der Waals surface area contributed by atoms with E-state index in [1.807, 2.05) is 13.8 Å². The predicted octanol–water partition coefficient (Wildman–Crippen LogP) is 3.70. The van der Waals surface area contributed by atoms with Gasteiger partial charge in [-0.15, -0.1) is 0 Å². The van der Waals surface area contributed by atoms with Crippen LogP contribution in [0.1, 0.15) is 38.2 Å². The first-order chi connectivity index (χ1) is 7.22. The third-order valence-corrected chi connectivity index (χ3v) is 2.58. The van der Waals surface area contributed by atoms with Crippen molar-refractivity contribution >= 4 is 11.8 Å². The Labute approximate surface area is 88.8 Å². The number of nitrogens with zero attached hydrogens (tertiary/aromatic N) is 1. The van der Waals surface area contributed by atoms with Crippen LogP contribution in [-0.4, -0.2) is 6.08 Å². The predicted molar refractivity (Wildman–Crippen MR) is 57.5 cm³/mol. The van der Waals surface area contributed by atoms with Crippen LogP contribution in [0.5, 0.6) is 0 Å². The lowest BCUT2D eigenvalue weighted by Gasteiger charge is -2.13. The first kappa shape index (κ1) is 11.6. The van der Waals surface area contributed by atoms with Crippen LogP contribution in [0, 0.1) is 5.82 Å². The van der Waals surface area contributed by atoms with Gasteiger partial charge in [-0.3, -0.25) is 0 Å². The van der Waals surface area contributed by atoms with Crippen molar-refractivity contribution in [1.29, 1.82) is 0 Å². The Kier molecular flexibility index (Phi) is 4.19. The molecule has 3 heteroatoms. The monoisotopic (exact) mass is 207 g/mol. The van der Waals surface area contributed by atoms with Crippen molar-refractivity contribution in [3.8, 4) is 0 Å². The summed E-state index contributed by atoms with van der Waals surface area (Å²) in [4.78, 5) is 13.4. The summed E-state index contributed by atoms with van der Waals surface area (Å²) in [6.07, 6.45) is 3.21. The molecule has 2 nitrogen and oxygen atoms in total. The number of isocyanates is 1. The van der Waals surface area contributed by atoms with Crippen LogP contribution in [0.15, 0.2) is 23.2 Å². The van der Waals surface area contributed by atoms with Gasteiger partial charge in [-0.2, -0.15) is 4.99 Å². The molecule has 0 saturated carbocycles. The topological polar surface area (TPSA) is 29.4 Å². The van der Waals surface area contributed by atoms with E-state index in [1.54, 1.807) is 12.1 Å². The minimum absolute atomic E-state index is 0.235. The van der Waals surface area contributed by atoms with Gasteiger partial charge in [0.2, 0.25) is 6.08 Å². The van der Waals surface area contributed by atoms with Gasteiger partial charge in [-0.05, 0) is 30.4 Å². The Balaban J connectivity index is 3.06. The Hall–Kier alpha value is -1.47. The fraction of sp³-hybridized carbons (Fsp3) is 0.417. The zero-order chi connectivity index (χ0) is 11.3.